The van der Waals surface area contributed by atoms with Crippen molar-refractivity contribution in [2.45, 2.75) is 44.2 Å². The van der Waals surface area contributed by atoms with E-state index < -0.39 is 5.54 Å². The van der Waals surface area contributed by atoms with Gasteiger partial charge in [0.15, 0.2) is 0 Å². The lowest BCUT2D eigenvalue weighted by Crippen LogP contribution is -2.43. The Morgan fingerprint density at radius 3 is 2.51 bits per heavy atom. The lowest BCUT2D eigenvalue weighted by Gasteiger charge is -2.33. The second-order valence-corrected chi connectivity index (χ2v) is 9.21. The predicted octanol–water partition coefficient (Wildman–Crippen LogP) is 3.63. The minimum Gasteiger partial charge on any atom is -0.382 e. The van der Waals surface area contributed by atoms with Gasteiger partial charge < -0.3 is 16.0 Å². The number of nitrogens with one attached hydrogen (secondary N) is 1. The fourth-order valence-corrected chi connectivity index (χ4v) is 5.82. The Kier molecular flexibility index (Phi) is 4.80. The third kappa shape index (κ3) is 3.26. The van der Waals surface area contributed by atoms with Crippen LogP contribution in [-0.2, 0) is 10.3 Å². The molecule has 0 aliphatic carbocycles. The largest absolute Gasteiger partial charge is 0.382 e. The Morgan fingerprint density at radius 2 is 1.83 bits per heavy atom. The number of nitrogens with two attached hydrogens (primary N) is 1. The van der Waals surface area contributed by atoms with Gasteiger partial charge >= 0.3 is 0 Å². The van der Waals surface area contributed by atoms with Crippen LogP contribution >= 0.6 is 0 Å². The van der Waals surface area contributed by atoms with Gasteiger partial charge in [0.1, 0.15) is 34.2 Å². The number of hydrogen-bond acceptors (Lipinski definition) is 6. The van der Waals surface area contributed by atoms with E-state index in [4.69, 9.17) is 10.7 Å². The molecule has 9 heteroatoms. The van der Waals surface area contributed by atoms with E-state index in [9.17, 15) is 9.59 Å². The molecular formula is C26H25N7O2. The molecule has 2 fully saturated rings. The molecule has 3 N–H and O–H groups in total. The average Bonchev–Trinajstić information content (AvgIpc) is 3.56. The summed E-state index contributed by atoms with van der Waals surface area (Å²) in [5.41, 5.74) is 8.62. The maximum atomic E-state index is 12.7. The zero-order valence-corrected chi connectivity index (χ0v) is 19.3. The first-order valence-electron chi connectivity index (χ1n) is 11.7. The van der Waals surface area contributed by atoms with Gasteiger partial charge in [0.05, 0.1) is 0 Å². The Labute approximate surface area is 202 Å². The van der Waals surface area contributed by atoms with Crippen molar-refractivity contribution < 1.29 is 9.59 Å². The molecule has 2 aliphatic rings. The van der Waals surface area contributed by atoms with Crippen LogP contribution in [0.1, 0.15) is 48.8 Å². The van der Waals surface area contributed by atoms with Crippen molar-refractivity contribution in [3.63, 3.8) is 0 Å². The van der Waals surface area contributed by atoms with E-state index >= 15 is 0 Å². The molecule has 9 nitrogen and oxygen atoms in total. The number of nitrogen functional groups attached to an aromatic ring is 1. The van der Waals surface area contributed by atoms with Crippen molar-refractivity contribution in [3.05, 3.63) is 72.4 Å². The molecule has 5 heterocycles. The van der Waals surface area contributed by atoms with Crippen LogP contribution in [0, 0.1) is 0 Å². The first-order valence-corrected chi connectivity index (χ1v) is 11.7. The topological polar surface area (TPSA) is 119 Å². The van der Waals surface area contributed by atoms with E-state index in [1.807, 2.05) is 33.7 Å². The number of amides is 2. The van der Waals surface area contributed by atoms with Crippen molar-refractivity contribution in [1.29, 1.82) is 0 Å². The number of fused-ring (bicyclic) bond motifs is 3. The van der Waals surface area contributed by atoms with Crippen molar-refractivity contribution in [2.75, 3.05) is 11.1 Å². The number of carbonyl (C=O) groups is 2. The van der Waals surface area contributed by atoms with E-state index in [0.717, 1.165) is 37.1 Å². The highest BCUT2D eigenvalue weighted by molar-refractivity contribution is 6.04. The summed E-state index contributed by atoms with van der Waals surface area (Å²) in [5.74, 6) is 1.52. The molecule has 2 amide bonds. The number of pyridine rings is 1. The van der Waals surface area contributed by atoms with Crippen LogP contribution in [0.3, 0.4) is 0 Å². The van der Waals surface area contributed by atoms with Crippen LogP contribution in [0.5, 0.6) is 0 Å². The van der Waals surface area contributed by atoms with E-state index in [1.54, 1.807) is 43.6 Å². The number of carbonyl (C=O) groups excluding carboxylic acids is 2. The molecule has 0 radical (unpaired) electrons. The quantitative estimate of drug-likeness (QED) is 0.473. The number of imidazole rings is 1. The van der Waals surface area contributed by atoms with Crippen LogP contribution in [-0.4, -0.2) is 42.1 Å². The number of nitrogens with zero attached hydrogens (tertiary/aromatic N) is 5. The molecule has 0 saturated carbocycles. The molecule has 2 saturated heterocycles. The maximum Gasteiger partial charge on any atom is 0.256 e. The fourth-order valence-electron chi connectivity index (χ4n) is 5.82. The molecule has 2 bridgehead atoms. The molecule has 4 aromatic rings. The molecule has 0 spiro atoms. The smallest absolute Gasteiger partial charge is 0.256 e. The summed E-state index contributed by atoms with van der Waals surface area (Å²) in [5, 5.41) is 2.79. The molecule has 35 heavy (non-hydrogen) atoms. The molecule has 3 aromatic heterocycles. The zero-order chi connectivity index (χ0) is 24.2. The van der Waals surface area contributed by atoms with Gasteiger partial charge in [-0.3, -0.25) is 14.0 Å². The fraction of sp³-hybridized carbons (Fsp3) is 0.269. The van der Waals surface area contributed by atoms with E-state index in [1.165, 1.54) is 0 Å². The molecule has 2 aliphatic heterocycles. The molecule has 1 aromatic carbocycles. The van der Waals surface area contributed by atoms with Crippen LogP contribution in [0.15, 0.2) is 61.1 Å². The third-order valence-corrected chi connectivity index (χ3v) is 7.27. The minimum atomic E-state index is -0.437. The molecule has 6 rings (SSSR count). The Bertz CT molecular complexity index is 1440. The number of rotatable bonds is 4. The Morgan fingerprint density at radius 1 is 1.06 bits per heavy atom. The number of benzene rings is 1. The Balaban J connectivity index is 1.41. The monoisotopic (exact) mass is 467 g/mol. The number of anilines is 2. The van der Waals surface area contributed by atoms with E-state index in [2.05, 4.69) is 15.3 Å². The summed E-state index contributed by atoms with van der Waals surface area (Å²) in [4.78, 5) is 40.8. The van der Waals surface area contributed by atoms with Crippen molar-refractivity contribution in [2.24, 2.45) is 0 Å². The number of hydrogen-bond donors (Lipinski definition) is 2. The van der Waals surface area contributed by atoms with E-state index in [-0.39, 0.29) is 17.9 Å². The molecule has 0 unspecified atom stereocenters. The first kappa shape index (κ1) is 21.3. The van der Waals surface area contributed by atoms with Crippen LogP contribution in [0.4, 0.5) is 11.6 Å². The lowest BCUT2D eigenvalue weighted by molar-refractivity contribution is -0.133. The SMILES string of the molecule is CC(=O)N1C2CCC1(c1nc(-c3ccc(C(=O)Nc4ccccn4)cc3)c3c(N)nccn13)CC2. The zero-order valence-electron chi connectivity index (χ0n) is 19.3. The summed E-state index contributed by atoms with van der Waals surface area (Å²) >= 11 is 0. The Hall–Kier alpha value is -4.27. The van der Waals surface area contributed by atoms with Gasteiger partial charge in [0.2, 0.25) is 5.91 Å². The van der Waals surface area contributed by atoms with Crippen molar-refractivity contribution >= 4 is 29.0 Å². The highest BCUT2D eigenvalue weighted by Gasteiger charge is 2.56. The summed E-state index contributed by atoms with van der Waals surface area (Å²) in [7, 11) is 0. The standard InChI is InChI=1S/C26H25N7O2/c1-16(34)33-19-9-11-26(33,12-10-19)25-31-21(22-23(27)29-14-15-32(22)25)17-5-7-18(8-6-17)24(35)30-20-4-2-3-13-28-20/h2-8,13-15,19H,9-12H2,1H3,(H2,27,29)(H,28,30,35). The van der Waals surface area contributed by atoms with Gasteiger partial charge in [-0.05, 0) is 49.9 Å². The summed E-state index contributed by atoms with van der Waals surface area (Å²) in [6.45, 7) is 1.64. The average molecular weight is 468 g/mol. The normalized spacial score (nSPS) is 20.9. The van der Waals surface area contributed by atoms with Gasteiger partial charge in [-0.15, -0.1) is 0 Å². The molecular weight excluding hydrogens is 442 g/mol. The van der Waals surface area contributed by atoms with Gasteiger partial charge in [-0.2, -0.15) is 0 Å². The van der Waals surface area contributed by atoms with Gasteiger partial charge in [-0.1, -0.05) is 18.2 Å². The van der Waals surface area contributed by atoms with Gasteiger partial charge in [-0.25, -0.2) is 15.0 Å². The first-order chi connectivity index (χ1) is 17.0. The molecule has 0 atom stereocenters. The maximum absolute atomic E-state index is 12.7. The summed E-state index contributed by atoms with van der Waals surface area (Å²) in [6, 6.07) is 12.8. The van der Waals surface area contributed by atoms with Gasteiger partial charge in [0.25, 0.3) is 5.91 Å². The lowest BCUT2D eigenvalue weighted by atomic mass is 9.87. The molecule has 176 valence electrons. The summed E-state index contributed by atoms with van der Waals surface area (Å²) < 4.78 is 1.99. The minimum absolute atomic E-state index is 0.0774. The predicted molar refractivity (Wildman–Crippen MR) is 131 cm³/mol. The van der Waals surface area contributed by atoms with Gasteiger partial charge in [0, 0.05) is 42.7 Å². The van der Waals surface area contributed by atoms with Crippen LogP contribution in [0.25, 0.3) is 16.8 Å². The second kappa shape index (κ2) is 7.90. The summed E-state index contributed by atoms with van der Waals surface area (Å²) in [6.07, 6.45) is 8.87. The second-order valence-electron chi connectivity index (χ2n) is 9.21. The third-order valence-electron chi connectivity index (χ3n) is 7.27. The van der Waals surface area contributed by atoms with E-state index in [0.29, 0.717) is 28.4 Å². The van der Waals surface area contributed by atoms with Crippen LogP contribution < -0.4 is 11.1 Å². The highest BCUT2D eigenvalue weighted by atomic mass is 16.2. The van der Waals surface area contributed by atoms with Crippen molar-refractivity contribution in [1.82, 2.24) is 24.3 Å². The number of aromatic nitrogens is 4. The van der Waals surface area contributed by atoms with Crippen molar-refractivity contribution in [3.8, 4) is 11.3 Å². The van der Waals surface area contributed by atoms with Crippen LogP contribution in [0.2, 0.25) is 0 Å². The highest BCUT2D eigenvalue weighted by Crippen LogP contribution is 2.53.